The van der Waals surface area contributed by atoms with E-state index in [2.05, 4.69) is 6.07 Å². The van der Waals surface area contributed by atoms with Gasteiger partial charge < -0.3 is 14.4 Å². The second-order valence-electron chi connectivity index (χ2n) is 7.03. The normalized spacial score (nSPS) is 17.1. The van der Waals surface area contributed by atoms with Crippen molar-refractivity contribution in [2.24, 2.45) is 0 Å². The summed E-state index contributed by atoms with van der Waals surface area (Å²) in [5, 5.41) is 10.0. The van der Waals surface area contributed by atoms with Gasteiger partial charge in [-0.3, -0.25) is 4.79 Å². The second-order valence-corrected chi connectivity index (χ2v) is 7.03. The van der Waals surface area contributed by atoms with E-state index in [1.54, 1.807) is 24.3 Å². The minimum Gasteiger partial charge on any atom is -0.467 e. The van der Waals surface area contributed by atoms with Crippen LogP contribution in [0.15, 0.2) is 71.4 Å². The van der Waals surface area contributed by atoms with Gasteiger partial charge in [0.25, 0.3) is 0 Å². The Balaban J connectivity index is 2.04. The maximum atomic E-state index is 13.3. The van der Waals surface area contributed by atoms with E-state index in [-0.39, 0.29) is 34.7 Å². The van der Waals surface area contributed by atoms with Gasteiger partial charge in [-0.15, -0.1) is 0 Å². The van der Waals surface area contributed by atoms with E-state index in [0.717, 1.165) is 5.56 Å². The number of esters is 2. The number of allylic oxidation sites excluding steroid dienone is 3. The van der Waals surface area contributed by atoms with Gasteiger partial charge in [-0.05, 0) is 11.1 Å². The van der Waals surface area contributed by atoms with Crippen molar-refractivity contribution in [1.29, 1.82) is 5.26 Å². The molecule has 31 heavy (non-hydrogen) atoms. The molecule has 1 aliphatic heterocycles. The highest BCUT2D eigenvalue weighted by Gasteiger charge is 2.48. The Morgan fingerprint density at radius 2 is 1.61 bits per heavy atom. The van der Waals surface area contributed by atoms with Gasteiger partial charge in [0, 0.05) is 17.7 Å². The molecule has 0 saturated heterocycles. The topological polar surface area (TPSA) is 96.7 Å². The SMILES string of the molecule is COC(=O)C1=C2C(=C(C#N)N(Cc3ccccc3)C1C(=O)OC)C(=O)c1ccccc12. The van der Waals surface area contributed by atoms with Crippen LogP contribution in [0.25, 0.3) is 5.57 Å². The van der Waals surface area contributed by atoms with Crippen molar-refractivity contribution < 1.29 is 23.9 Å². The minimum atomic E-state index is -1.25. The predicted molar refractivity (Wildman–Crippen MR) is 110 cm³/mol. The first-order chi connectivity index (χ1) is 15.0. The third-order valence-corrected chi connectivity index (χ3v) is 5.43. The molecule has 4 rings (SSSR count). The lowest BCUT2D eigenvalue weighted by Crippen LogP contribution is -2.47. The summed E-state index contributed by atoms with van der Waals surface area (Å²) in [5.74, 6) is -1.86. The Morgan fingerprint density at radius 1 is 0.968 bits per heavy atom. The number of benzene rings is 2. The monoisotopic (exact) mass is 414 g/mol. The zero-order valence-corrected chi connectivity index (χ0v) is 16.9. The summed E-state index contributed by atoms with van der Waals surface area (Å²) < 4.78 is 9.99. The van der Waals surface area contributed by atoms with Crippen molar-refractivity contribution in [2.75, 3.05) is 14.2 Å². The van der Waals surface area contributed by atoms with Crippen LogP contribution in [-0.2, 0) is 25.6 Å². The van der Waals surface area contributed by atoms with Crippen LogP contribution in [-0.4, -0.2) is 42.9 Å². The van der Waals surface area contributed by atoms with E-state index in [1.807, 2.05) is 30.3 Å². The molecule has 0 N–H and O–H groups in total. The quantitative estimate of drug-likeness (QED) is 0.710. The molecule has 1 heterocycles. The number of Topliss-reactive ketones (excluding diaryl/α,β-unsaturated/α-hetero) is 1. The van der Waals surface area contributed by atoms with Crippen LogP contribution in [0.5, 0.6) is 0 Å². The molecule has 0 spiro atoms. The van der Waals surface area contributed by atoms with E-state index in [4.69, 9.17) is 9.47 Å². The number of carbonyl (C=O) groups excluding carboxylic acids is 3. The maximum Gasteiger partial charge on any atom is 0.337 e. The lowest BCUT2D eigenvalue weighted by molar-refractivity contribution is -0.148. The van der Waals surface area contributed by atoms with Crippen LogP contribution < -0.4 is 0 Å². The zero-order chi connectivity index (χ0) is 22.1. The van der Waals surface area contributed by atoms with Crippen LogP contribution in [0.3, 0.4) is 0 Å². The Kier molecular flexibility index (Phi) is 5.14. The fourth-order valence-electron chi connectivity index (χ4n) is 4.10. The maximum absolute atomic E-state index is 13.3. The standard InChI is InChI=1S/C24H18N2O5/c1-30-23(28)20-18-15-10-6-7-11-16(15)22(27)19(18)17(12-25)26(21(20)24(29)31-2)13-14-8-4-3-5-9-14/h3-11,21H,13H2,1-2H3. The molecule has 0 amide bonds. The number of carbonyl (C=O) groups is 3. The average Bonchev–Trinajstić information content (AvgIpc) is 3.10. The Labute approximate surface area is 178 Å². The molecular formula is C24H18N2O5. The van der Waals surface area contributed by atoms with Crippen LogP contribution >= 0.6 is 0 Å². The van der Waals surface area contributed by atoms with E-state index in [9.17, 15) is 19.6 Å². The lowest BCUT2D eigenvalue weighted by Gasteiger charge is -2.36. The molecule has 7 nitrogen and oxygen atoms in total. The number of ether oxygens (including phenoxy) is 2. The van der Waals surface area contributed by atoms with Crippen molar-refractivity contribution in [1.82, 2.24) is 4.90 Å². The summed E-state index contributed by atoms with van der Waals surface area (Å²) in [6, 6.07) is 16.8. The van der Waals surface area contributed by atoms with Gasteiger partial charge in [-0.25, -0.2) is 9.59 Å². The Hall–Kier alpha value is -4.18. The first kappa shape index (κ1) is 20.1. The summed E-state index contributed by atoms with van der Waals surface area (Å²) >= 11 is 0. The molecule has 2 aliphatic rings. The molecule has 1 unspecified atom stereocenters. The first-order valence-electron chi connectivity index (χ1n) is 9.53. The molecule has 7 heteroatoms. The van der Waals surface area contributed by atoms with Gasteiger partial charge in [0.15, 0.2) is 11.8 Å². The summed E-state index contributed by atoms with van der Waals surface area (Å²) in [6.07, 6.45) is 0. The number of ketones is 1. The number of nitrogens with zero attached hydrogens (tertiary/aromatic N) is 2. The van der Waals surface area contributed by atoms with E-state index >= 15 is 0 Å². The number of rotatable bonds is 4. The number of nitriles is 1. The van der Waals surface area contributed by atoms with Gasteiger partial charge in [-0.2, -0.15) is 5.26 Å². The van der Waals surface area contributed by atoms with Gasteiger partial charge >= 0.3 is 11.9 Å². The summed E-state index contributed by atoms with van der Waals surface area (Å²) in [6.45, 7) is 0.115. The highest BCUT2D eigenvalue weighted by molar-refractivity contribution is 6.31. The summed E-state index contributed by atoms with van der Waals surface area (Å²) in [5.41, 5.74) is 2.00. The van der Waals surface area contributed by atoms with Gasteiger partial charge in [0.2, 0.25) is 0 Å². The van der Waals surface area contributed by atoms with Gasteiger partial charge in [0.05, 0.1) is 25.4 Å². The van der Waals surface area contributed by atoms with Crippen molar-refractivity contribution in [3.63, 3.8) is 0 Å². The minimum absolute atomic E-state index is 0.0161. The van der Waals surface area contributed by atoms with Crippen molar-refractivity contribution >= 4 is 23.3 Å². The number of hydrogen-bond acceptors (Lipinski definition) is 7. The number of fused-ring (bicyclic) bond motifs is 3. The molecule has 1 atom stereocenters. The third kappa shape index (κ3) is 3.09. The Morgan fingerprint density at radius 3 is 2.23 bits per heavy atom. The fourth-order valence-corrected chi connectivity index (χ4v) is 4.10. The van der Waals surface area contributed by atoms with Crippen molar-refractivity contribution in [3.05, 3.63) is 88.1 Å². The van der Waals surface area contributed by atoms with Crippen LogP contribution in [0, 0.1) is 11.3 Å². The second kappa shape index (κ2) is 7.92. The molecule has 0 saturated carbocycles. The van der Waals surface area contributed by atoms with E-state index in [1.165, 1.54) is 19.1 Å². The number of hydrogen-bond donors (Lipinski definition) is 0. The molecule has 154 valence electrons. The van der Waals surface area contributed by atoms with E-state index < -0.39 is 18.0 Å². The van der Waals surface area contributed by atoms with Crippen molar-refractivity contribution in [3.8, 4) is 6.07 Å². The molecule has 2 aromatic rings. The molecule has 0 aromatic heterocycles. The van der Waals surface area contributed by atoms with Crippen molar-refractivity contribution in [2.45, 2.75) is 12.6 Å². The highest BCUT2D eigenvalue weighted by atomic mass is 16.5. The van der Waals surface area contributed by atoms with Crippen LogP contribution in [0.4, 0.5) is 0 Å². The molecular weight excluding hydrogens is 396 g/mol. The molecule has 0 fully saturated rings. The number of methoxy groups -OCH3 is 2. The molecule has 2 aromatic carbocycles. The fraction of sp³-hybridized carbons (Fsp3) is 0.167. The average molecular weight is 414 g/mol. The molecule has 0 radical (unpaired) electrons. The molecule has 0 bridgehead atoms. The highest BCUT2D eigenvalue weighted by Crippen LogP contribution is 2.46. The zero-order valence-electron chi connectivity index (χ0n) is 16.9. The largest absolute Gasteiger partial charge is 0.467 e. The Bertz CT molecular complexity index is 1200. The summed E-state index contributed by atoms with van der Waals surface area (Å²) in [7, 11) is 2.42. The van der Waals surface area contributed by atoms with Gasteiger partial charge in [0.1, 0.15) is 11.8 Å². The van der Waals surface area contributed by atoms with Gasteiger partial charge in [-0.1, -0.05) is 54.6 Å². The summed E-state index contributed by atoms with van der Waals surface area (Å²) in [4.78, 5) is 40.5. The first-order valence-corrected chi connectivity index (χ1v) is 9.53. The van der Waals surface area contributed by atoms with Crippen LogP contribution in [0.2, 0.25) is 0 Å². The smallest absolute Gasteiger partial charge is 0.337 e. The lowest BCUT2D eigenvalue weighted by atomic mass is 9.87. The van der Waals surface area contributed by atoms with E-state index in [0.29, 0.717) is 11.1 Å². The molecule has 1 aliphatic carbocycles. The predicted octanol–water partition coefficient (Wildman–Crippen LogP) is 2.64. The third-order valence-electron chi connectivity index (χ3n) is 5.43. The van der Waals surface area contributed by atoms with Crippen LogP contribution in [0.1, 0.15) is 21.5 Å².